The van der Waals surface area contributed by atoms with Crippen molar-refractivity contribution < 1.29 is 0 Å². The summed E-state index contributed by atoms with van der Waals surface area (Å²) in [5.74, 6) is 0.396. The summed E-state index contributed by atoms with van der Waals surface area (Å²) in [6, 6.07) is 10.6. The second-order valence-electron chi connectivity index (χ2n) is 4.02. The summed E-state index contributed by atoms with van der Waals surface area (Å²) in [7, 11) is 0. The van der Waals surface area contributed by atoms with Crippen LogP contribution in [0.15, 0.2) is 42.5 Å². The van der Waals surface area contributed by atoms with Crippen LogP contribution in [0.2, 0.25) is 0 Å². The van der Waals surface area contributed by atoms with Gasteiger partial charge in [0, 0.05) is 6.04 Å². The van der Waals surface area contributed by atoms with Crippen LogP contribution in [0.4, 0.5) is 0 Å². The van der Waals surface area contributed by atoms with E-state index >= 15 is 0 Å². The van der Waals surface area contributed by atoms with Gasteiger partial charge < -0.3 is 5.73 Å². The summed E-state index contributed by atoms with van der Waals surface area (Å²) in [5, 5.41) is 0. The molecule has 0 heterocycles. The van der Waals surface area contributed by atoms with Gasteiger partial charge in [0.2, 0.25) is 0 Å². The van der Waals surface area contributed by atoms with Crippen LogP contribution >= 0.6 is 0 Å². The van der Waals surface area contributed by atoms with E-state index < -0.39 is 0 Å². The summed E-state index contributed by atoms with van der Waals surface area (Å²) < 4.78 is 0. The molecule has 1 aromatic carbocycles. The number of hydrogen-bond acceptors (Lipinski definition) is 1. The Hall–Kier alpha value is -1.08. The van der Waals surface area contributed by atoms with Gasteiger partial charge in [-0.25, -0.2) is 0 Å². The van der Waals surface area contributed by atoms with Gasteiger partial charge >= 0.3 is 0 Å². The molecule has 76 valence electrons. The molecule has 0 aromatic heterocycles. The van der Waals surface area contributed by atoms with Crippen LogP contribution in [-0.2, 0) is 0 Å². The first kappa shape index (κ1) is 11.0. The Bertz CT molecular complexity index is 289. The quantitative estimate of drug-likeness (QED) is 0.724. The van der Waals surface area contributed by atoms with Gasteiger partial charge in [-0.05, 0) is 24.8 Å². The van der Waals surface area contributed by atoms with Gasteiger partial charge in [0.1, 0.15) is 0 Å². The number of benzene rings is 1. The molecule has 0 saturated carbocycles. The first-order valence-corrected chi connectivity index (χ1v) is 5.06. The lowest BCUT2D eigenvalue weighted by molar-refractivity contribution is 0.562. The molecule has 2 N–H and O–H groups in total. The highest BCUT2D eigenvalue weighted by Gasteiger charge is 2.13. The van der Waals surface area contributed by atoms with Crippen LogP contribution in [0, 0.1) is 0 Å². The van der Waals surface area contributed by atoms with E-state index in [1.807, 2.05) is 13.0 Å². The van der Waals surface area contributed by atoms with Crippen molar-refractivity contribution in [2.24, 2.45) is 5.73 Å². The van der Waals surface area contributed by atoms with Crippen molar-refractivity contribution in [3.05, 3.63) is 48.0 Å². The molecule has 0 amide bonds. The van der Waals surface area contributed by atoms with Crippen LogP contribution in [0.5, 0.6) is 0 Å². The van der Waals surface area contributed by atoms with Crippen LogP contribution in [0.1, 0.15) is 31.7 Å². The van der Waals surface area contributed by atoms with Gasteiger partial charge in [-0.3, -0.25) is 0 Å². The highest BCUT2D eigenvalue weighted by Crippen LogP contribution is 2.20. The number of nitrogens with two attached hydrogens (primary N) is 1. The summed E-state index contributed by atoms with van der Waals surface area (Å²) in [6.45, 7) is 8.09. The van der Waals surface area contributed by atoms with E-state index in [1.54, 1.807) is 0 Å². The molecule has 0 aliphatic heterocycles. The molecule has 1 rings (SSSR count). The average Bonchev–Trinajstić information content (AvgIpc) is 2.17. The molecule has 2 unspecified atom stereocenters. The average molecular weight is 189 g/mol. The fourth-order valence-corrected chi connectivity index (χ4v) is 1.58. The lowest BCUT2D eigenvalue weighted by Crippen LogP contribution is -2.26. The normalized spacial score (nSPS) is 14.8. The lowest BCUT2D eigenvalue weighted by Gasteiger charge is -2.20. The zero-order valence-electron chi connectivity index (χ0n) is 9.03. The molecular weight excluding hydrogens is 170 g/mol. The van der Waals surface area contributed by atoms with Crippen LogP contribution in [0.3, 0.4) is 0 Å². The minimum Gasteiger partial charge on any atom is -0.327 e. The van der Waals surface area contributed by atoms with Crippen molar-refractivity contribution in [2.45, 2.75) is 32.2 Å². The van der Waals surface area contributed by atoms with Crippen molar-refractivity contribution in [3.8, 4) is 0 Å². The second kappa shape index (κ2) is 4.97. The third-order valence-corrected chi connectivity index (χ3v) is 2.55. The van der Waals surface area contributed by atoms with Gasteiger partial charge in [-0.1, -0.05) is 42.8 Å². The Morgan fingerprint density at radius 2 is 1.93 bits per heavy atom. The smallest absolute Gasteiger partial charge is 0.0142 e. The molecule has 0 aliphatic rings. The van der Waals surface area contributed by atoms with Crippen LogP contribution < -0.4 is 5.73 Å². The standard InChI is InChI=1S/C13H19N/c1-10(2)9-13(14)11(3)12-7-5-4-6-8-12/h4-8,11,13H,1,9,14H2,2-3H3. The first-order chi connectivity index (χ1) is 6.61. The van der Waals surface area contributed by atoms with E-state index in [0.29, 0.717) is 5.92 Å². The summed E-state index contributed by atoms with van der Waals surface area (Å²) >= 11 is 0. The van der Waals surface area contributed by atoms with Gasteiger partial charge in [0.15, 0.2) is 0 Å². The molecule has 0 saturated heterocycles. The Morgan fingerprint density at radius 1 is 1.36 bits per heavy atom. The SMILES string of the molecule is C=C(C)CC(N)C(C)c1ccccc1. The molecule has 0 bridgehead atoms. The predicted octanol–water partition coefficient (Wildman–Crippen LogP) is 3.08. The van der Waals surface area contributed by atoms with Crippen molar-refractivity contribution in [1.82, 2.24) is 0 Å². The molecule has 2 atom stereocenters. The van der Waals surface area contributed by atoms with E-state index in [0.717, 1.165) is 12.0 Å². The maximum atomic E-state index is 6.09. The number of hydrogen-bond donors (Lipinski definition) is 1. The molecule has 0 radical (unpaired) electrons. The van der Waals surface area contributed by atoms with E-state index in [1.165, 1.54) is 5.56 Å². The van der Waals surface area contributed by atoms with E-state index in [-0.39, 0.29) is 6.04 Å². The third kappa shape index (κ3) is 3.00. The zero-order chi connectivity index (χ0) is 10.6. The van der Waals surface area contributed by atoms with Crippen LogP contribution in [-0.4, -0.2) is 6.04 Å². The highest BCUT2D eigenvalue weighted by atomic mass is 14.6. The first-order valence-electron chi connectivity index (χ1n) is 5.06. The van der Waals surface area contributed by atoms with Gasteiger partial charge in [0.25, 0.3) is 0 Å². The maximum absolute atomic E-state index is 6.09. The third-order valence-electron chi connectivity index (χ3n) is 2.55. The molecule has 0 aliphatic carbocycles. The molecule has 1 nitrogen and oxygen atoms in total. The molecule has 0 spiro atoms. The summed E-state index contributed by atoms with van der Waals surface area (Å²) in [5.41, 5.74) is 8.55. The van der Waals surface area contributed by atoms with Gasteiger partial charge in [0.05, 0.1) is 0 Å². The Labute approximate surface area is 86.6 Å². The highest BCUT2D eigenvalue weighted by molar-refractivity contribution is 5.20. The van der Waals surface area contributed by atoms with Crippen LogP contribution in [0.25, 0.3) is 0 Å². The van der Waals surface area contributed by atoms with E-state index in [2.05, 4.69) is 37.8 Å². The molecule has 1 heteroatoms. The van der Waals surface area contributed by atoms with Crippen molar-refractivity contribution in [3.63, 3.8) is 0 Å². The summed E-state index contributed by atoms with van der Waals surface area (Å²) in [6.07, 6.45) is 0.899. The minimum atomic E-state index is 0.176. The van der Waals surface area contributed by atoms with Gasteiger partial charge in [-0.15, -0.1) is 6.58 Å². The fourth-order valence-electron chi connectivity index (χ4n) is 1.58. The Morgan fingerprint density at radius 3 is 2.43 bits per heavy atom. The fraction of sp³-hybridized carbons (Fsp3) is 0.385. The van der Waals surface area contributed by atoms with Gasteiger partial charge in [-0.2, -0.15) is 0 Å². The Balaban J connectivity index is 2.65. The van der Waals surface area contributed by atoms with Crippen molar-refractivity contribution in [2.75, 3.05) is 0 Å². The minimum absolute atomic E-state index is 0.176. The lowest BCUT2D eigenvalue weighted by atomic mass is 9.90. The Kier molecular flexibility index (Phi) is 3.90. The molecule has 0 fully saturated rings. The van der Waals surface area contributed by atoms with E-state index in [4.69, 9.17) is 5.73 Å². The molecule has 1 aromatic rings. The zero-order valence-corrected chi connectivity index (χ0v) is 9.03. The van der Waals surface area contributed by atoms with Crippen molar-refractivity contribution in [1.29, 1.82) is 0 Å². The predicted molar refractivity (Wildman–Crippen MR) is 62.3 cm³/mol. The number of rotatable bonds is 4. The second-order valence-corrected chi connectivity index (χ2v) is 4.02. The van der Waals surface area contributed by atoms with E-state index in [9.17, 15) is 0 Å². The molecular formula is C13H19N. The largest absolute Gasteiger partial charge is 0.327 e. The topological polar surface area (TPSA) is 26.0 Å². The summed E-state index contributed by atoms with van der Waals surface area (Å²) in [4.78, 5) is 0. The monoisotopic (exact) mass is 189 g/mol. The molecule has 14 heavy (non-hydrogen) atoms. The maximum Gasteiger partial charge on any atom is 0.0142 e. The van der Waals surface area contributed by atoms with Crippen molar-refractivity contribution >= 4 is 0 Å².